The first-order valence-electron chi connectivity index (χ1n) is 7.15. The third-order valence-electron chi connectivity index (χ3n) is 4.13. The van der Waals surface area contributed by atoms with Gasteiger partial charge in [-0.25, -0.2) is 0 Å². The molecule has 0 aromatic heterocycles. The molecule has 1 atom stereocenters. The summed E-state index contributed by atoms with van der Waals surface area (Å²) in [7, 11) is 0. The van der Waals surface area contributed by atoms with E-state index < -0.39 is 12.8 Å². The number of rotatable bonds is 5. The molecule has 0 amide bonds. The topological polar surface area (TPSA) is 24.5 Å². The average molecular weight is 280 g/mol. The Balaban J connectivity index is 1.69. The van der Waals surface area contributed by atoms with Crippen LogP contribution in [0.4, 0.5) is 13.2 Å². The Morgan fingerprint density at radius 1 is 1.16 bits per heavy atom. The van der Waals surface area contributed by atoms with Gasteiger partial charge in [-0.15, -0.1) is 0 Å². The van der Waals surface area contributed by atoms with Crippen LogP contribution in [0, 0.1) is 5.92 Å². The molecular weight excluding hydrogens is 257 g/mol. The van der Waals surface area contributed by atoms with E-state index in [1.54, 1.807) is 0 Å². The van der Waals surface area contributed by atoms with Gasteiger partial charge >= 0.3 is 6.18 Å². The molecule has 0 radical (unpaired) electrons. The van der Waals surface area contributed by atoms with Crippen LogP contribution in [0.5, 0.6) is 0 Å². The fourth-order valence-corrected chi connectivity index (χ4v) is 3.26. The zero-order chi connectivity index (χ0) is 13.7. The van der Waals surface area contributed by atoms with Crippen LogP contribution in [0.2, 0.25) is 0 Å². The van der Waals surface area contributed by atoms with Gasteiger partial charge in [0.25, 0.3) is 0 Å². The van der Waals surface area contributed by atoms with Crippen LogP contribution in [-0.2, 0) is 4.74 Å². The van der Waals surface area contributed by atoms with Crippen molar-refractivity contribution in [2.24, 2.45) is 5.92 Å². The minimum atomic E-state index is -4.21. The van der Waals surface area contributed by atoms with Gasteiger partial charge in [0.2, 0.25) is 0 Å². The van der Waals surface area contributed by atoms with Gasteiger partial charge in [-0.1, -0.05) is 0 Å². The molecule has 2 rings (SSSR count). The summed E-state index contributed by atoms with van der Waals surface area (Å²) < 4.78 is 40.7. The molecule has 0 aliphatic carbocycles. The second-order valence-electron chi connectivity index (χ2n) is 5.50. The van der Waals surface area contributed by atoms with E-state index in [0.717, 1.165) is 26.1 Å². The molecule has 3 nitrogen and oxygen atoms in total. The normalized spacial score (nSPS) is 27.0. The van der Waals surface area contributed by atoms with E-state index in [-0.39, 0.29) is 6.61 Å². The number of likely N-dealkylation sites (tertiary alicyclic amines) is 1. The van der Waals surface area contributed by atoms with Crippen LogP contribution in [0.3, 0.4) is 0 Å². The monoisotopic (exact) mass is 280 g/mol. The number of hydrogen-bond acceptors (Lipinski definition) is 3. The van der Waals surface area contributed by atoms with Crippen molar-refractivity contribution in [3.63, 3.8) is 0 Å². The molecule has 0 aromatic rings. The first kappa shape index (κ1) is 15.1. The van der Waals surface area contributed by atoms with E-state index in [4.69, 9.17) is 4.74 Å². The highest BCUT2D eigenvalue weighted by Crippen LogP contribution is 2.29. The maximum atomic E-state index is 12.0. The Bertz CT molecular complexity index is 267. The summed E-state index contributed by atoms with van der Waals surface area (Å²) in [4.78, 5) is 2.33. The average Bonchev–Trinajstić information content (AvgIpc) is 2.83. The molecule has 2 aliphatic heterocycles. The van der Waals surface area contributed by atoms with Crippen LogP contribution in [0.1, 0.15) is 25.7 Å². The molecule has 0 spiro atoms. The molecule has 2 saturated heterocycles. The minimum absolute atomic E-state index is 0.182. The molecular formula is C13H23F3N2O. The molecule has 2 aliphatic rings. The van der Waals surface area contributed by atoms with Crippen molar-refractivity contribution in [1.82, 2.24) is 10.2 Å². The number of hydrogen-bond donors (Lipinski definition) is 1. The zero-order valence-electron chi connectivity index (χ0n) is 11.2. The van der Waals surface area contributed by atoms with Crippen molar-refractivity contribution < 1.29 is 17.9 Å². The van der Waals surface area contributed by atoms with E-state index in [9.17, 15) is 13.2 Å². The van der Waals surface area contributed by atoms with Crippen LogP contribution >= 0.6 is 0 Å². The van der Waals surface area contributed by atoms with Gasteiger partial charge in [0.15, 0.2) is 0 Å². The van der Waals surface area contributed by atoms with Crippen molar-refractivity contribution in [1.29, 1.82) is 0 Å². The number of halogens is 3. The maximum Gasteiger partial charge on any atom is 0.411 e. The van der Waals surface area contributed by atoms with Gasteiger partial charge < -0.3 is 10.1 Å². The number of ether oxygens (including phenoxy) is 1. The standard InChI is InChI=1S/C13H23F3N2O/c14-13(15,16)10-19-9-8-18-7-1-2-12(18)11-3-5-17-6-4-11/h11-12,17H,1-10H2. The van der Waals surface area contributed by atoms with Crippen molar-refractivity contribution in [2.45, 2.75) is 37.9 Å². The predicted octanol–water partition coefficient (Wildman–Crippen LogP) is 2.03. The number of nitrogens with zero attached hydrogens (tertiary/aromatic N) is 1. The lowest BCUT2D eigenvalue weighted by atomic mass is 9.89. The Morgan fingerprint density at radius 2 is 1.89 bits per heavy atom. The van der Waals surface area contributed by atoms with E-state index in [1.165, 1.54) is 19.3 Å². The second-order valence-corrected chi connectivity index (χ2v) is 5.50. The third-order valence-corrected chi connectivity index (χ3v) is 4.13. The van der Waals surface area contributed by atoms with Gasteiger partial charge in [0.1, 0.15) is 6.61 Å². The zero-order valence-corrected chi connectivity index (χ0v) is 11.2. The summed E-state index contributed by atoms with van der Waals surface area (Å²) in [5, 5.41) is 3.35. The molecule has 0 aromatic carbocycles. The maximum absolute atomic E-state index is 12.0. The largest absolute Gasteiger partial charge is 0.411 e. The van der Waals surface area contributed by atoms with Crippen LogP contribution < -0.4 is 5.32 Å². The van der Waals surface area contributed by atoms with Crippen LogP contribution in [0.25, 0.3) is 0 Å². The van der Waals surface area contributed by atoms with Gasteiger partial charge in [-0.3, -0.25) is 4.90 Å². The Labute approximate surface area is 112 Å². The lowest BCUT2D eigenvalue weighted by Crippen LogP contribution is -2.42. The number of nitrogens with one attached hydrogen (secondary N) is 1. The summed E-state index contributed by atoms with van der Waals surface area (Å²) in [6.45, 7) is 2.83. The second kappa shape index (κ2) is 6.90. The highest BCUT2D eigenvalue weighted by atomic mass is 19.4. The van der Waals surface area contributed by atoms with Crippen molar-refractivity contribution in [3.05, 3.63) is 0 Å². The highest BCUT2D eigenvalue weighted by Gasteiger charge is 2.32. The summed E-state index contributed by atoms with van der Waals surface area (Å²) in [5.41, 5.74) is 0. The Hall–Kier alpha value is -0.330. The lowest BCUT2D eigenvalue weighted by Gasteiger charge is -2.34. The van der Waals surface area contributed by atoms with E-state index in [0.29, 0.717) is 18.5 Å². The summed E-state index contributed by atoms with van der Waals surface area (Å²) >= 11 is 0. The van der Waals surface area contributed by atoms with Crippen molar-refractivity contribution in [3.8, 4) is 0 Å². The fraction of sp³-hybridized carbons (Fsp3) is 1.00. The molecule has 2 heterocycles. The first-order valence-corrected chi connectivity index (χ1v) is 7.15. The fourth-order valence-electron chi connectivity index (χ4n) is 3.26. The van der Waals surface area contributed by atoms with Gasteiger partial charge in [0.05, 0.1) is 6.61 Å². The first-order chi connectivity index (χ1) is 9.06. The molecule has 0 bridgehead atoms. The Morgan fingerprint density at radius 3 is 2.58 bits per heavy atom. The molecule has 1 N–H and O–H groups in total. The SMILES string of the molecule is FC(F)(F)COCCN1CCCC1C1CCNCC1. The minimum Gasteiger partial charge on any atom is -0.371 e. The van der Waals surface area contributed by atoms with Crippen LogP contribution in [-0.4, -0.2) is 56.5 Å². The molecule has 112 valence electrons. The summed E-state index contributed by atoms with van der Waals surface area (Å²) in [5.74, 6) is 0.700. The van der Waals surface area contributed by atoms with E-state index in [2.05, 4.69) is 10.2 Å². The van der Waals surface area contributed by atoms with E-state index >= 15 is 0 Å². The van der Waals surface area contributed by atoms with Crippen LogP contribution in [0.15, 0.2) is 0 Å². The summed E-state index contributed by atoms with van der Waals surface area (Å²) in [6, 6.07) is 0.552. The van der Waals surface area contributed by atoms with Crippen molar-refractivity contribution in [2.75, 3.05) is 39.4 Å². The van der Waals surface area contributed by atoms with Gasteiger partial charge in [0, 0.05) is 12.6 Å². The third kappa shape index (κ3) is 4.93. The van der Waals surface area contributed by atoms with Gasteiger partial charge in [-0.05, 0) is 51.2 Å². The summed E-state index contributed by atoms with van der Waals surface area (Å²) in [6.07, 6.45) is 0.506. The van der Waals surface area contributed by atoms with Crippen molar-refractivity contribution >= 4 is 0 Å². The predicted molar refractivity (Wildman–Crippen MR) is 67.1 cm³/mol. The quantitative estimate of drug-likeness (QED) is 0.780. The lowest BCUT2D eigenvalue weighted by molar-refractivity contribution is -0.174. The Kier molecular flexibility index (Phi) is 5.47. The molecule has 1 unspecified atom stereocenters. The smallest absolute Gasteiger partial charge is 0.371 e. The van der Waals surface area contributed by atoms with Gasteiger partial charge in [-0.2, -0.15) is 13.2 Å². The molecule has 0 saturated carbocycles. The number of alkyl halides is 3. The molecule has 2 fully saturated rings. The number of piperidine rings is 1. The van der Waals surface area contributed by atoms with E-state index in [1.807, 2.05) is 0 Å². The molecule has 19 heavy (non-hydrogen) atoms. The highest BCUT2D eigenvalue weighted by molar-refractivity contribution is 4.87. The molecule has 6 heteroatoms.